The molecular weight excluding hydrogens is 354 g/mol. The molecule has 0 radical (unpaired) electrons. The van der Waals surface area contributed by atoms with Crippen molar-refractivity contribution in [1.29, 1.82) is 0 Å². The molecule has 0 bridgehead atoms. The average Bonchev–Trinajstić information content (AvgIpc) is 3.27. The maximum absolute atomic E-state index is 12.5. The summed E-state index contributed by atoms with van der Waals surface area (Å²) in [4.78, 5) is 24.4. The molecule has 0 aliphatic carbocycles. The molecule has 1 fully saturated rings. The Morgan fingerprint density at radius 1 is 1.19 bits per heavy atom. The lowest BCUT2D eigenvalue weighted by atomic mass is 9.90. The van der Waals surface area contributed by atoms with Crippen molar-refractivity contribution in [2.75, 3.05) is 26.2 Å². The van der Waals surface area contributed by atoms with Crippen LogP contribution in [0.15, 0.2) is 42.7 Å². The number of amides is 2. The van der Waals surface area contributed by atoms with E-state index in [-0.39, 0.29) is 36.1 Å². The summed E-state index contributed by atoms with van der Waals surface area (Å²) in [5, 5.41) is 13.2. The maximum Gasteiger partial charge on any atom is 0.251 e. The molecule has 1 aromatic heterocycles. The number of rotatable bonds is 6. The van der Waals surface area contributed by atoms with Crippen LogP contribution in [0.5, 0.6) is 0 Å². The number of nitrogens with one attached hydrogen (secondary N) is 3. The fourth-order valence-corrected chi connectivity index (χ4v) is 3.12. The third-order valence-corrected chi connectivity index (χ3v) is 4.45. The highest BCUT2D eigenvalue weighted by Crippen LogP contribution is 2.27. The topological polar surface area (TPSA) is 88.0 Å². The predicted molar refractivity (Wildman–Crippen MR) is 101 cm³/mol. The zero-order valence-electron chi connectivity index (χ0n) is 14.6. The first-order valence-corrected chi connectivity index (χ1v) is 8.45. The fraction of sp³-hybridized carbons (Fsp3) is 0.389. The third-order valence-electron chi connectivity index (χ3n) is 4.45. The number of benzene rings is 1. The average molecular weight is 378 g/mol. The molecule has 3 rings (SSSR count). The van der Waals surface area contributed by atoms with Crippen LogP contribution in [0.25, 0.3) is 0 Å². The summed E-state index contributed by atoms with van der Waals surface area (Å²) in [5.41, 5.74) is 1.69. The molecule has 140 valence electrons. The van der Waals surface area contributed by atoms with Gasteiger partial charge in [-0.2, -0.15) is 5.10 Å². The highest BCUT2D eigenvalue weighted by atomic mass is 35.5. The second-order valence-electron chi connectivity index (χ2n) is 6.23. The standard InChI is InChI=1S/C18H23N5O2.ClH/c1-23-12-14(9-22-23)15-10-19-11-16(15)18(25)21-8-7-20-17(24)13-5-3-2-4-6-13;/h2-6,9,12,15-16,19H,7-8,10-11H2,1H3,(H,20,24)(H,21,25);1H/t15-,16+;/m1./s1. The van der Waals surface area contributed by atoms with Crippen molar-refractivity contribution >= 4 is 24.2 Å². The van der Waals surface area contributed by atoms with Gasteiger partial charge in [0.2, 0.25) is 5.91 Å². The molecule has 1 aliphatic rings. The SMILES string of the molecule is Cl.Cn1cc([C@H]2CNC[C@@H]2C(=O)NCCNC(=O)c2ccccc2)cn1. The normalized spacial score (nSPS) is 18.8. The highest BCUT2D eigenvalue weighted by Gasteiger charge is 2.34. The Labute approximate surface area is 159 Å². The van der Waals surface area contributed by atoms with Gasteiger partial charge in [-0.3, -0.25) is 14.3 Å². The van der Waals surface area contributed by atoms with Crippen LogP contribution in [0.4, 0.5) is 0 Å². The number of halogens is 1. The smallest absolute Gasteiger partial charge is 0.251 e. The number of aryl methyl sites for hydroxylation is 1. The molecule has 1 aromatic carbocycles. The van der Waals surface area contributed by atoms with Crippen LogP contribution >= 0.6 is 12.4 Å². The van der Waals surface area contributed by atoms with Crippen molar-refractivity contribution in [3.05, 3.63) is 53.9 Å². The van der Waals surface area contributed by atoms with Gasteiger partial charge in [0, 0.05) is 50.9 Å². The molecule has 0 spiro atoms. The summed E-state index contributed by atoms with van der Waals surface area (Å²) in [6.07, 6.45) is 3.77. The Morgan fingerprint density at radius 3 is 2.62 bits per heavy atom. The summed E-state index contributed by atoms with van der Waals surface area (Å²) in [7, 11) is 1.87. The second-order valence-corrected chi connectivity index (χ2v) is 6.23. The molecule has 0 unspecified atom stereocenters. The van der Waals surface area contributed by atoms with E-state index in [0.29, 0.717) is 25.2 Å². The van der Waals surface area contributed by atoms with Gasteiger partial charge in [-0.05, 0) is 17.7 Å². The molecule has 1 aliphatic heterocycles. The van der Waals surface area contributed by atoms with Gasteiger partial charge in [0.05, 0.1) is 12.1 Å². The number of hydrogen-bond donors (Lipinski definition) is 3. The van der Waals surface area contributed by atoms with E-state index in [0.717, 1.165) is 12.1 Å². The quantitative estimate of drug-likeness (QED) is 0.646. The first-order valence-electron chi connectivity index (χ1n) is 8.45. The summed E-state index contributed by atoms with van der Waals surface area (Å²) in [5.74, 6) is -0.111. The lowest BCUT2D eigenvalue weighted by molar-refractivity contribution is -0.124. The largest absolute Gasteiger partial charge is 0.354 e. The van der Waals surface area contributed by atoms with Gasteiger partial charge in [-0.15, -0.1) is 12.4 Å². The Balaban J connectivity index is 0.00000243. The van der Waals surface area contributed by atoms with Crippen LogP contribution < -0.4 is 16.0 Å². The molecular formula is C18H24ClN5O2. The van der Waals surface area contributed by atoms with Crippen LogP contribution in [0.2, 0.25) is 0 Å². The van der Waals surface area contributed by atoms with Gasteiger partial charge in [0.1, 0.15) is 0 Å². The van der Waals surface area contributed by atoms with Crippen molar-refractivity contribution < 1.29 is 9.59 Å². The molecule has 2 heterocycles. The van der Waals surface area contributed by atoms with Crippen molar-refractivity contribution in [3.8, 4) is 0 Å². The summed E-state index contributed by atoms with van der Waals surface area (Å²) >= 11 is 0. The summed E-state index contributed by atoms with van der Waals surface area (Å²) < 4.78 is 1.75. The molecule has 2 atom stereocenters. The van der Waals surface area contributed by atoms with Gasteiger partial charge < -0.3 is 16.0 Å². The minimum absolute atomic E-state index is 0. The molecule has 3 N–H and O–H groups in total. The van der Waals surface area contributed by atoms with Crippen molar-refractivity contribution in [1.82, 2.24) is 25.7 Å². The number of nitrogens with zero attached hydrogens (tertiary/aromatic N) is 2. The number of carbonyl (C=O) groups is 2. The zero-order chi connectivity index (χ0) is 17.6. The maximum atomic E-state index is 12.5. The molecule has 7 nitrogen and oxygen atoms in total. The number of carbonyl (C=O) groups excluding carboxylic acids is 2. The third kappa shape index (κ3) is 4.83. The van der Waals surface area contributed by atoms with E-state index in [9.17, 15) is 9.59 Å². The number of hydrogen-bond acceptors (Lipinski definition) is 4. The van der Waals surface area contributed by atoms with Crippen molar-refractivity contribution in [2.45, 2.75) is 5.92 Å². The molecule has 0 saturated carbocycles. The Bertz CT molecular complexity index is 734. The van der Waals surface area contributed by atoms with E-state index in [1.165, 1.54) is 0 Å². The zero-order valence-corrected chi connectivity index (χ0v) is 15.5. The van der Waals surface area contributed by atoms with Crippen molar-refractivity contribution in [2.24, 2.45) is 13.0 Å². The van der Waals surface area contributed by atoms with E-state index in [2.05, 4.69) is 21.0 Å². The van der Waals surface area contributed by atoms with Gasteiger partial charge in [-0.25, -0.2) is 0 Å². The van der Waals surface area contributed by atoms with Gasteiger partial charge in [-0.1, -0.05) is 18.2 Å². The first kappa shape index (κ1) is 19.9. The van der Waals surface area contributed by atoms with Crippen LogP contribution in [-0.4, -0.2) is 47.8 Å². The van der Waals surface area contributed by atoms with Crippen molar-refractivity contribution in [3.63, 3.8) is 0 Å². The Morgan fingerprint density at radius 2 is 1.92 bits per heavy atom. The van der Waals surface area contributed by atoms with E-state index in [1.807, 2.05) is 37.6 Å². The number of aromatic nitrogens is 2. The highest BCUT2D eigenvalue weighted by molar-refractivity contribution is 5.94. The first-order chi connectivity index (χ1) is 12.1. The van der Waals surface area contributed by atoms with Gasteiger partial charge >= 0.3 is 0 Å². The minimum Gasteiger partial charge on any atom is -0.354 e. The van der Waals surface area contributed by atoms with E-state index >= 15 is 0 Å². The Hall–Kier alpha value is -2.38. The summed E-state index contributed by atoms with van der Waals surface area (Å²) in [6.45, 7) is 2.24. The molecule has 2 aromatic rings. The molecule has 26 heavy (non-hydrogen) atoms. The predicted octanol–water partition coefficient (Wildman–Crippen LogP) is 0.691. The lowest BCUT2D eigenvalue weighted by Gasteiger charge is -2.17. The van der Waals surface area contributed by atoms with Gasteiger partial charge in [0.15, 0.2) is 0 Å². The van der Waals surface area contributed by atoms with E-state index < -0.39 is 0 Å². The van der Waals surface area contributed by atoms with E-state index in [4.69, 9.17) is 0 Å². The lowest BCUT2D eigenvalue weighted by Crippen LogP contribution is -2.39. The molecule has 8 heteroatoms. The molecule has 2 amide bonds. The monoisotopic (exact) mass is 377 g/mol. The van der Waals surface area contributed by atoms with Crippen LogP contribution in [0.3, 0.4) is 0 Å². The van der Waals surface area contributed by atoms with E-state index in [1.54, 1.807) is 16.8 Å². The Kier molecular flexibility index (Phi) is 7.17. The second kappa shape index (κ2) is 9.35. The minimum atomic E-state index is -0.134. The molecule has 1 saturated heterocycles. The van der Waals surface area contributed by atoms with Gasteiger partial charge in [0.25, 0.3) is 5.91 Å². The summed E-state index contributed by atoms with van der Waals surface area (Å²) in [6, 6.07) is 9.03. The van der Waals surface area contributed by atoms with Crippen LogP contribution in [-0.2, 0) is 11.8 Å². The fourth-order valence-electron chi connectivity index (χ4n) is 3.12. The van der Waals surface area contributed by atoms with Crippen LogP contribution in [0.1, 0.15) is 21.8 Å². The van der Waals surface area contributed by atoms with Crippen LogP contribution in [0, 0.1) is 5.92 Å².